The zero-order chi connectivity index (χ0) is 17.2. The molecule has 1 aliphatic heterocycles. The van der Waals surface area contributed by atoms with Crippen LogP contribution in [0.3, 0.4) is 0 Å². The summed E-state index contributed by atoms with van der Waals surface area (Å²) in [6, 6.07) is 8.00. The second-order valence-electron chi connectivity index (χ2n) is 6.03. The van der Waals surface area contributed by atoms with Crippen molar-refractivity contribution in [3.05, 3.63) is 53.3 Å². The zero-order valence-electron chi connectivity index (χ0n) is 13.5. The molecule has 8 heteroatoms. The van der Waals surface area contributed by atoms with Crippen molar-refractivity contribution in [1.82, 2.24) is 25.0 Å². The Balaban J connectivity index is 1.55. The van der Waals surface area contributed by atoms with Crippen LogP contribution in [0.5, 0.6) is 0 Å². The number of nitrogens with two attached hydrogens (primary N) is 1. The standard InChI is InChI=1S/C17H17ClN6O/c18-12-5-3-11(4-6-12)9-24-7-1-2-14(24)17-22-16(23-25-17)13-8-20-10-21-15(13)19/h3-6,8,10,14H,1-2,7,9H2,(H2,19,20,21)/t14-/m0/s1. The summed E-state index contributed by atoms with van der Waals surface area (Å²) in [4.78, 5) is 14.8. The van der Waals surface area contributed by atoms with Gasteiger partial charge in [0.05, 0.1) is 11.6 Å². The van der Waals surface area contributed by atoms with Crippen LogP contribution in [-0.4, -0.2) is 31.6 Å². The molecule has 2 N–H and O–H groups in total. The average molecular weight is 357 g/mol. The first-order valence-corrected chi connectivity index (χ1v) is 8.46. The molecule has 0 unspecified atom stereocenters. The molecule has 3 aromatic rings. The first kappa shape index (κ1) is 16.0. The van der Waals surface area contributed by atoms with E-state index in [2.05, 4.69) is 25.0 Å². The Bertz CT molecular complexity index is 866. The molecule has 0 saturated carbocycles. The van der Waals surface area contributed by atoms with E-state index in [4.69, 9.17) is 21.9 Å². The maximum absolute atomic E-state index is 5.96. The molecule has 3 heterocycles. The van der Waals surface area contributed by atoms with Crippen molar-refractivity contribution in [3.63, 3.8) is 0 Å². The van der Waals surface area contributed by atoms with Gasteiger partial charge in [0.25, 0.3) is 0 Å². The van der Waals surface area contributed by atoms with E-state index in [1.54, 1.807) is 6.20 Å². The molecule has 128 valence electrons. The van der Waals surface area contributed by atoms with E-state index in [1.165, 1.54) is 11.9 Å². The monoisotopic (exact) mass is 356 g/mol. The Morgan fingerprint density at radius 2 is 2.12 bits per heavy atom. The van der Waals surface area contributed by atoms with Crippen molar-refractivity contribution in [2.75, 3.05) is 12.3 Å². The van der Waals surface area contributed by atoms with Crippen LogP contribution in [0.25, 0.3) is 11.4 Å². The summed E-state index contributed by atoms with van der Waals surface area (Å²) in [5, 5.41) is 4.80. The third-order valence-electron chi connectivity index (χ3n) is 4.37. The summed E-state index contributed by atoms with van der Waals surface area (Å²) in [5.41, 5.74) is 7.65. The molecule has 1 saturated heterocycles. The largest absolute Gasteiger partial charge is 0.383 e. The number of aromatic nitrogens is 4. The molecule has 1 aromatic carbocycles. The van der Waals surface area contributed by atoms with E-state index in [0.717, 1.165) is 31.0 Å². The van der Waals surface area contributed by atoms with Crippen molar-refractivity contribution in [2.24, 2.45) is 0 Å². The lowest BCUT2D eigenvalue weighted by Gasteiger charge is -2.21. The summed E-state index contributed by atoms with van der Waals surface area (Å²) in [5.74, 6) is 1.36. The van der Waals surface area contributed by atoms with E-state index < -0.39 is 0 Å². The van der Waals surface area contributed by atoms with Gasteiger partial charge in [0.15, 0.2) is 0 Å². The molecule has 2 aromatic heterocycles. The van der Waals surface area contributed by atoms with Crippen LogP contribution in [0.2, 0.25) is 5.02 Å². The minimum absolute atomic E-state index is 0.0998. The summed E-state index contributed by atoms with van der Waals surface area (Å²) in [6.07, 6.45) is 5.06. The van der Waals surface area contributed by atoms with Gasteiger partial charge in [0.2, 0.25) is 11.7 Å². The fourth-order valence-electron chi connectivity index (χ4n) is 3.11. The number of likely N-dealkylation sites (tertiary alicyclic amines) is 1. The number of hydrogen-bond acceptors (Lipinski definition) is 7. The van der Waals surface area contributed by atoms with Gasteiger partial charge in [-0.25, -0.2) is 9.97 Å². The molecule has 1 aliphatic rings. The van der Waals surface area contributed by atoms with Crippen molar-refractivity contribution in [2.45, 2.75) is 25.4 Å². The molecule has 7 nitrogen and oxygen atoms in total. The summed E-state index contributed by atoms with van der Waals surface area (Å²) in [6.45, 7) is 1.80. The van der Waals surface area contributed by atoms with Gasteiger partial charge < -0.3 is 10.3 Å². The Labute approximate surface area is 149 Å². The molecule has 0 bridgehead atoms. The lowest BCUT2D eigenvalue weighted by molar-refractivity contribution is 0.201. The minimum atomic E-state index is 0.0998. The van der Waals surface area contributed by atoms with E-state index >= 15 is 0 Å². The number of halogens is 1. The second kappa shape index (κ2) is 6.78. The molecule has 0 spiro atoms. The van der Waals surface area contributed by atoms with Crippen LogP contribution < -0.4 is 5.73 Å². The number of anilines is 1. The van der Waals surface area contributed by atoms with Crippen LogP contribution in [0, 0.1) is 0 Å². The van der Waals surface area contributed by atoms with Crippen molar-refractivity contribution in [3.8, 4) is 11.4 Å². The number of rotatable bonds is 4. The van der Waals surface area contributed by atoms with Gasteiger partial charge >= 0.3 is 0 Å². The summed E-state index contributed by atoms with van der Waals surface area (Å²) in [7, 11) is 0. The zero-order valence-corrected chi connectivity index (χ0v) is 14.2. The lowest BCUT2D eigenvalue weighted by atomic mass is 10.2. The fraction of sp³-hybridized carbons (Fsp3) is 0.294. The van der Waals surface area contributed by atoms with Gasteiger partial charge in [0, 0.05) is 17.8 Å². The number of nitrogens with zero attached hydrogens (tertiary/aromatic N) is 5. The Morgan fingerprint density at radius 3 is 2.92 bits per heavy atom. The highest BCUT2D eigenvalue weighted by atomic mass is 35.5. The van der Waals surface area contributed by atoms with E-state index in [-0.39, 0.29) is 6.04 Å². The first-order valence-electron chi connectivity index (χ1n) is 8.08. The molecule has 25 heavy (non-hydrogen) atoms. The van der Waals surface area contributed by atoms with Gasteiger partial charge in [-0.15, -0.1) is 0 Å². The average Bonchev–Trinajstić information content (AvgIpc) is 3.26. The number of hydrogen-bond donors (Lipinski definition) is 1. The first-order chi connectivity index (χ1) is 12.2. The van der Waals surface area contributed by atoms with Crippen LogP contribution >= 0.6 is 11.6 Å². The Morgan fingerprint density at radius 1 is 1.28 bits per heavy atom. The Kier molecular flexibility index (Phi) is 4.33. The molecular formula is C17H17ClN6O. The molecule has 0 aliphatic carbocycles. The lowest BCUT2D eigenvalue weighted by Crippen LogP contribution is -2.23. The highest BCUT2D eigenvalue weighted by Gasteiger charge is 2.31. The van der Waals surface area contributed by atoms with Crippen molar-refractivity contribution >= 4 is 17.4 Å². The topological polar surface area (TPSA) is 94.0 Å². The third-order valence-corrected chi connectivity index (χ3v) is 4.63. The maximum Gasteiger partial charge on any atom is 0.244 e. The van der Waals surface area contributed by atoms with Crippen molar-refractivity contribution in [1.29, 1.82) is 0 Å². The van der Waals surface area contributed by atoms with E-state index in [1.807, 2.05) is 24.3 Å². The third kappa shape index (κ3) is 3.33. The molecule has 0 radical (unpaired) electrons. The number of nitrogen functional groups attached to an aromatic ring is 1. The van der Waals surface area contributed by atoms with Gasteiger partial charge in [-0.3, -0.25) is 4.90 Å². The van der Waals surface area contributed by atoms with Crippen LogP contribution in [0.15, 0.2) is 41.3 Å². The molecular weight excluding hydrogens is 340 g/mol. The van der Waals surface area contributed by atoms with Crippen LogP contribution in [0.4, 0.5) is 5.82 Å². The minimum Gasteiger partial charge on any atom is -0.383 e. The fourth-order valence-corrected chi connectivity index (χ4v) is 3.24. The number of benzene rings is 1. The maximum atomic E-state index is 5.96. The van der Waals surface area contributed by atoms with Gasteiger partial charge in [-0.05, 0) is 37.1 Å². The van der Waals surface area contributed by atoms with E-state index in [9.17, 15) is 0 Å². The van der Waals surface area contributed by atoms with E-state index in [0.29, 0.717) is 23.1 Å². The summed E-state index contributed by atoms with van der Waals surface area (Å²) < 4.78 is 5.51. The molecule has 0 amide bonds. The SMILES string of the molecule is Nc1ncncc1-c1noc([C@@H]2CCCN2Cc2ccc(Cl)cc2)n1. The van der Waals surface area contributed by atoms with Gasteiger partial charge in [-0.1, -0.05) is 28.9 Å². The highest BCUT2D eigenvalue weighted by molar-refractivity contribution is 6.30. The quantitative estimate of drug-likeness (QED) is 0.767. The van der Waals surface area contributed by atoms with Crippen LogP contribution in [-0.2, 0) is 6.54 Å². The van der Waals surface area contributed by atoms with Gasteiger partial charge in [-0.2, -0.15) is 4.98 Å². The van der Waals surface area contributed by atoms with Crippen LogP contribution in [0.1, 0.15) is 30.3 Å². The predicted octanol–water partition coefficient (Wildman–Crippen LogP) is 3.10. The summed E-state index contributed by atoms with van der Waals surface area (Å²) >= 11 is 5.96. The second-order valence-corrected chi connectivity index (χ2v) is 6.47. The molecule has 4 rings (SSSR count). The smallest absolute Gasteiger partial charge is 0.244 e. The predicted molar refractivity (Wildman–Crippen MR) is 93.6 cm³/mol. The normalized spacial score (nSPS) is 17.9. The molecule has 1 fully saturated rings. The molecule has 1 atom stereocenters. The highest BCUT2D eigenvalue weighted by Crippen LogP contribution is 2.33. The Hall–Kier alpha value is -2.51. The van der Waals surface area contributed by atoms with Gasteiger partial charge in [0.1, 0.15) is 12.1 Å². The van der Waals surface area contributed by atoms with Crippen molar-refractivity contribution < 1.29 is 4.52 Å².